The summed E-state index contributed by atoms with van der Waals surface area (Å²) in [5, 5.41) is 19.7. The second-order valence-electron chi connectivity index (χ2n) is 6.45. The highest BCUT2D eigenvalue weighted by molar-refractivity contribution is 5.72. The summed E-state index contributed by atoms with van der Waals surface area (Å²) < 4.78 is 6.92. The Bertz CT molecular complexity index is 979. The minimum atomic E-state index is -0.368. The van der Waals surface area contributed by atoms with Crippen LogP contribution in [0, 0.1) is 10.1 Å². The van der Waals surface area contributed by atoms with Crippen LogP contribution < -0.4 is 10.1 Å². The van der Waals surface area contributed by atoms with Gasteiger partial charge in [0.2, 0.25) is 0 Å². The number of hydrogen-bond donors (Lipinski definition) is 1. The molecule has 1 aliphatic rings. The number of nitrogens with zero attached hydrogens (tertiary/aromatic N) is 3. The maximum absolute atomic E-state index is 11.5. The second-order valence-corrected chi connectivity index (χ2v) is 6.45. The molecule has 27 heavy (non-hydrogen) atoms. The average molecular weight is 364 g/mol. The normalized spacial score (nSPS) is 13.4. The lowest BCUT2D eigenvalue weighted by molar-refractivity contribution is -0.384. The SMILES string of the molecule is COc1ccc(-c2nn(-c3ccccc3[N+](=O)[O-])c3c2CCCCN3)cc1. The number of methoxy groups -OCH3 is 1. The Morgan fingerprint density at radius 1 is 1.15 bits per heavy atom. The third kappa shape index (κ3) is 3.12. The van der Waals surface area contributed by atoms with E-state index in [-0.39, 0.29) is 10.6 Å². The van der Waals surface area contributed by atoms with Crippen molar-refractivity contribution < 1.29 is 9.66 Å². The predicted octanol–water partition coefficient (Wildman–Crippen LogP) is 4.20. The van der Waals surface area contributed by atoms with Crippen LogP contribution in [0.15, 0.2) is 48.5 Å². The van der Waals surface area contributed by atoms with Crippen molar-refractivity contribution in [2.45, 2.75) is 19.3 Å². The van der Waals surface area contributed by atoms with Crippen LogP contribution in [0.2, 0.25) is 0 Å². The van der Waals surface area contributed by atoms with E-state index in [0.29, 0.717) is 5.69 Å². The van der Waals surface area contributed by atoms with E-state index in [9.17, 15) is 10.1 Å². The van der Waals surface area contributed by atoms with Gasteiger partial charge in [0.15, 0.2) is 0 Å². The molecule has 7 nitrogen and oxygen atoms in total. The van der Waals surface area contributed by atoms with Gasteiger partial charge in [-0.3, -0.25) is 10.1 Å². The molecule has 0 saturated heterocycles. The van der Waals surface area contributed by atoms with Crippen LogP contribution >= 0.6 is 0 Å². The van der Waals surface area contributed by atoms with Gasteiger partial charge in [-0.15, -0.1) is 0 Å². The molecule has 7 heteroatoms. The molecule has 1 aromatic heterocycles. The number of nitro groups is 1. The maximum atomic E-state index is 11.5. The molecule has 0 amide bonds. The zero-order chi connectivity index (χ0) is 18.8. The number of fused-ring (bicyclic) bond motifs is 1. The van der Waals surface area contributed by atoms with Crippen molar-refractivity contribution in [3.8, 4) is 22.7 Å². The lowest BCUT2D eigenvalue weighted by Gasteiger charge is -2.09. The molecule has 4 rings (SSSR count). The fraction of sp³-hybridized carbons (Fsp3) is 0.250. The lowest BCUT2D eigenvalue weighted by atomic mass is 10.0. The fourth-order valence-electron chi connectivity index (χ4n) is 3.46. The first-order chi connectivity index (χ1) is 13.2. The quantitative estimate of drug-likeness (QED) is 0.554. The summed E-state index contributed by atoms with van der Waals surface area (Å²) in [5.74, 6) is 1.62. The number of anilines is 1. The molecular weight excluding hydrogens is 344 g/mol. The van der Waals surface area contributed by atoms with E-state index in [1.807, 2.05) is 24.3 Å². The van der Waals surface area contributed by atoms with Gasteiger partial charge < -0.3 is 10.1 Å². The third-order valence-electron chi connectivity index (χ3n) is 4.80. The third-order valence-corrected chi connectivity index (χ3v) is 4.80. The minimum absolute atomic E-state index is 0.0372. The van der Waals surface area contributed by atoms with Crippen LogP contribution in [0.4, 0.5) is 11.5 Å². The summed E-state index contributed by atoms with van der Waals surface area (Å²) in [6.45, 7) is 0.821. The molecule has 0 aliphatic carbocycles. The van der Waals surface area contributed by atoms with E-state index in [2.05, 4.69) is 5.32 Å². The van der Waals surface area contributed by atoms with Crippen molar-refractivity contribution in [2.24, 2.45) is 0 Å². The van der Waals surface area contributed by atoms with E-state index in [0.717, 1.165) is 54.2 Å². The number of benzene rings is 2. The number of ether oxygens (including phenoxy) is 1. The zero-order valence-corrected chi connectivity index (χ0v) is 15.0. The van der Waals surface area contributed by atoms with Crippen molar-refractivity contribution >= 4 is 11.5 Å². The van der Waals surface area contributed by atoms with Crippen molar-refractivity contribution in [1.29, 1.82) is 0 Å². The van der Waals surface area contributed by atoms with E-state index < -0.39 is 0 Å². The summed E-state index contributed by atoms with van der Waals surface area (Å²) >= 11 is 0. The van der Waals surface area contributed by atoms with Crippen molar-refractivity contribution in [3.05, 3.63) is 64.2 Å². The average Bonchev–Trinajstić information content (AvgIpc) is 2.88. The number of nitrogens with one attached hydrogen (secondary N) is 1. The first-order valence-corrected chi connectivity index (χ1v) is 8.93. The van der Waals surface area contributed by atoms with Crippen LogP contribution in [-0.2, 0) is 6.42 Å². The molecule has 138 valence electrons. The maximum Gasteiger partial charge on any atom is 0.294 e. The minimum Gasteiger partial charge on any atom is -0.497 e. The molecule has 0 saturated carbocycles. The fourth-order valence-corrected chi connectivity index (χ4v) is 3.46. The topological polar surface area (TPSA) is 82.2 Å². The standard InChI is InChI=1S/C20H20N4O3/c1-27-15-11-9-14(10-12-15)19-16-6-4-5-13-21-20(16)23(22-19)17-7-2-3-8-18(17)24(25)26/h2-3,7-12,21H,4-6,13H2,1H3. The van der Waals surface area contributed by atoms with Gasteiger partial charge in [0.25, 0.3) is 5.69 Å². The summed E-state index contributed by atoms with van der Waals surface area (Å²) in [6, 6.07) is 14.4. The molecule has 0 bridgehead atoms. The van der Waals surface area contributed by atoms with Crippen LogP contribution in [0.5, 0.6) is 5.75 Å². The van der Waals surface area contributed by atoms with Gasteiger partial charge in [0.05, 0.1) is 17.7 Å². The largest absolute Gasteiger partial charge is 0.497 e. The Kier molecular flexibility index (Phi) is 4.50. The van der Waals surface area contributed by atoms with Gasteiger partial charge >= 0.3 is 0 Å². The summed E-state index contributed by atoms with van der Waals surface area (Å²) in [6.07, 6.45) is 2.98. The van der Waals surface area contributed by atoms with Gasteiger partial charge in [-0.25, -0.2) is 4.68 Å². The van der Waals surface area contributed by atoms with Crippen molar-refractivity contribution in [2.75, 3.05) is 19.0 Å². The Labute approximate surface area is 156 Å². The van der Waals surface area contributed by atoms with Crippen LogP contribution in [0.25, 0.3) is 16.9 Å². The zero-order valence-electron chi connectivity index (χ0n) is 15.0. The molecule has 3 aromatic rings. The molecule has 0 spiro atoms. The van der Waals surface area contributed by atoms with E-state index in [4.69, 9.17) is 9.84 Å². The number of hydrogen-bond acceptors (Lipinski definition) is 5. The second kappa shape index (κ2) is 7.11. The number of aromatic nitrogens is 2. The Morgan fingerprint density at radius 2 is 1.93 bits per heavy atom. The number of para-hydroxylation sites is 2. The highest BCUT2D eigenvalue weighted by atomic mass is 16.6. The van der Waals surface area contributed by atoms with Crippen LogP contribution in [0.3, 0.4) is 0 Å². The van der Waals surface area contributed by atoms with E-state index in [1.165, 1.54) is 6.07 Å². The highest BCUT2D eigenvalue weighted by Gasteiger charge is 2.25. The first kappa shape index (κ1) is 17.1. The van der Waals surface area contributed by atoms with E-state index in [1.54, 1.807) is 30.0 Å². The van der Waals surface area contributed by atoms with Gasteiger partial charge in [-0.1, -0.05) is 12.1 Å². The van der Waals surface area contributed by atoms with Crippen molar-refractivity contribution in [3.63, 3.8) is 0 Å². The smallest absolute Gasteiger partial charge is 0.294 e. The van der Waals surface area contributed by atoms with Crippen LogP contribution in [0.1, 0.15) is 18.4 Å². The van der Waals surface area contributed by atoms with Crippen molar-refractivity contribution in [1.82, 2.24) is 9.78 Å². The Hall–Kier alpha value is -3.35. The highest BCUT2D eigenvalue weighted by Crippen LogP contribution is 2.36. The first-order valence-electron chi connectivity index (χ1n) is 8.93. The molecule has 0 unspecified atom stereocenters. The monoisotopic (exact) mass is 364 g/mol. The number of rotatable bonds is 4. The number of nitro benzene ring substituents is 1. The summed E-state index contributed by atoms with van der Waals surface area (Å²) in [7, 11) is 1.63. The molecule has 0 radical (unpaired) electrons. The summed E-state index contributed by atoms with van der Waals surface area (Å²) in [5.41, 5.74) is 3.41. The lowest BCUT2D eigenvalue weighted by Crippen LogP contribution is -2.08. The molecule has 0 atom stereocenters. The van der Waals surface area contributed by atoms with E-state index >= 15 is 0 Å². The molecule has 0 fully saturated rings. The summed E-state index contributed by atoms with van der Waals surface area (Å²) in [4.78, 5) is 11.1. The molecule has 2 aromatic carbocycles. The predicted molar refractivity (Wildman–Crippen MR) is 104 cm³/mol. The molecule has 1 N–H and O–H groups in total. The molecule has 1 aliphatic heterocycles. The Morgan fingerprint density at radius 3 is 2.67 bits per heavy atom. The molecular formula is C20H20N4O3. The van der Waals surface area contributed by atoms with Gasteiger partial charge in [0.1, 0.15) is 17.3 Å². The van der Waals surface area contributed by atoms with Gasteiger partial charge in [-0.05, 0) is 49.6 Å². The van der Waals surface area contributed by atoms with Crippen LogP contribution in [-0.4, -0.2) is 28.4 Å². The van der Waals surface area contributed by atoms with Gasteiger partial charge in [0, 0.05) is 23.7 Å². The van der Waals surface area contributed by atoms with Gasteiger partial charge in [-0.2, -0.15) is 5.10 Å². The Balaban J connectivity index is 1.91. The molecule has 2 heterocycles.